The first kappa shape index (κ1) is 11.2. The summed E-state index contributed by atoms with van der Waals surface area (Å²) in [5.74, 6) is 0. The molecule has 14 heavy (non-hydrogen) atoms. The Morgan fingerprint density at radius 2 is 2.14 bits per heavy atom. The van der Waals surface area contributed by atoms with Crippen molar-refractivity contribution in [2.75, 3.05) is 12.9 Å². The van der Waals surface area contributed by atoms with E-state index in [2.05, 4.69) is 0 Å². The van der Waals surface area contributed by atoms with Crippen LogP contribution in [0.3, 0.4) is 0 Å². The molecule has 0 amide bonds. The van der Waals surface area contributed by atoms with E-state index in [1.54, 1.807) is 12.1 Å². The summed E-state index contributed by atoms with van der Waals surface area (Å²) in [6.45, 7) is -0.201. The van der Waals surface area contributed by atoms with Gasteiger partial charge in [-0.3, -0.25) is 0 Å². The van der Waals surface area contributed by atoms with Crippen molar-refractivity contribution in [3.63, 3.8) is 0 Å². The van der Waals surface area contributed by atoms with Crippen LogP contribution < -0.4 is 5.73 Å². The third kappa shape index (κ3) is 2.54. The van der Waals surface area contributed by atoms with E-state index in [0.717, 1.165) is 6.26 Å². The molecule has 0 fully saturated rings. The van der Waals surface area contributed by atoms with Crippen LogP contribution in [0.5, 0.6) is 0 Å². The lowest BCUT2D eigenvalue weighted by atomic mass is 10.1. The van der Waals surface area contributed by atoms with Crippen LogP contribution in [0.2, 0.25) is 0 Å². The van der Waals surface area contributed by atoms with Crippen molar-refractivity contribution in [2.24, 2.45) is 5.73 Å². The van der Waals surface area contributed by atoms with E-state index in [-0.39, 0.29) is 11.5 Å². The van der Waals surface area contributed by atoms with E-state index >= 15 is 0 Å². The molecule has 3 N–H and O–H groups in total. The summed E-state index contributed by atoms with van der Waals surface area (Å²) < 4.78 is 22.4. The molecule has 0 aromatic heterocycles. The predicted molar refractivity (Wildman–Crippen MR) is 53.6 cm³/mol. The second-order valence-corrected chi connectivity index (χ2v) is 5.15. The highest BCUT2D eigenvalue weighted by molar-refractivity contribution is 7.90. The van der Waals surface area contributed by atoms with Crippen molar-refractivity contribution in [1.29, 1.82) is 0 Å². The molecule has 0 bridgehead atoms. The van der Waals surface area contributed by atoms with E-state index in [4.69, 9.17) is 10.8 Å². The summed E-state index contributed by atoms with van der Waals surface area (Å²) in [6, 6.07) is 5.76. The van der Waals surface area contributed by atoms with Gasteiger partial charge in [-0.2, -0.15) is 0 Å². The van der Waals surface area contributed by atoms with Gasteiger partial charge < -0.3 is 10.8 Å². The van der Waals surface area contributed by atoms with Gasteiger partial charge in [0, 0.05) is 6.26 Å². The molecule has 1 aromatic rings. The summed E-state index contributed by atoms with van der Waals surface area (Å²) in [5, 5.41) is 8.81. The van der Waals surface area contributed by atoms with Gasteiger partial charge in [0.1, 0.15) is 0 Å². The van der Waals surface area contributed by atoms with Crippen LogP contribution in [-0.4, -0.2) is 26.4 Å². The quantitative estimate of drug-likeness (QED) is 0.748. The number of hydrogen-bond acceptors (Lipinski definition) is 4. The average Bonchev–Trinajstić information content (AvgIpc) is 2.15. The minimum absolute atomic E-state index is 0.201. The lowest BCUT2D eigenvalue weighted by molar-refractivity contribution is 0.268. The SMILES string of the molecule is CS(=O)(=O)c1cccc(C(N)CO)c1. The number of nitrogens with two attached hydrogens (primary N) is 1. The number of rotatable bonds is 3. The zero-order valence-corrected chi connectivity index (χ0v) is 8.66. The molecule has 0 saturated heterocycles. The maximum Gasteiger partial charge on any atom is 0.175 e. The molecule has 0 saturated carbocycles. The summed E-state index contributed by atoms with van der Waals surface area (Å²) in [6.07, 6.45) is 1.14. The van der Waals surface area contributed by atoms with E-state index in [1.165, 1.54) is 12.1 Å². The molecule has 0 spiro atoms. The highest BCUT2D eigenvalue weighted by atomic mass is 32.2. The second kappa shape index (κ2) is 4.08. The molecular weight excluding hydrogens is 202 g/mol. The molecule has 0 aliphatic heterocycles. The number of aliphatic hydroxyl groups excluding tert-OH is 1. The molecule has 4 nitrogen and oxygen atoms in total. The molecule has 0 heterocycles. The van der Waals surface area contributed by atoms with Crippen molar-refractivity contribution < 1.29 is 13.5 Å². The topological polar surface area (TPSA) is 80.4 Å². The van der Waals surface area contributed by atoms with Crippen LogP contribution in [0, 0.1) is 0 Å². The minimum atomic E-state index is -3.20. The van der Waals surface area contributed by atoms with Gasteiger partial charge in [0.05, 0.1) is 17.5 Å². The zero-order valence-electron chi connectivity index (χ0n) is 7.84. The first-order valence-electron chi connectivity index (χ1n) is 4.11. The average molecular weight is 215 g/mol. The lowest BCUT2D eigenvalue weighted by Crippen LogP contribution is -2.14. The first-order chi connectivity index (χ1) is 6.45. The molecule has 78 valence electrons. The molecule has 0 aliphatic rings. The third-order valence-corrected chi connectivity index (χ3v) is 3.02. The fraction of sp³-hybridized carbons (Fsp3) is 0.333. The van der Waals surface area contributed by atoms with Gasteiger partial charge in [-0.25, -0.2) is 8.42 Å². The lowest BCUT2D eigenvalue weighted by Gasteiger charge is -2.09. The molecule has 5 heteroatoms. The molecular formula is C9H13NO3S. The van der Waals surface area contributed by atoms with Gasteiger partial charge in [-0.15, -0.1) is 0 Å². The van der Waals surface area contributed by atoms with E-state index in [9.17, 15) is 8.42 Å². The standard InChI is InChI=1S/C9H13NO3S/c1-14(12,13)8-4-2-3-7(5-8)9(10)6-11/h2-5,9,11H,6,10H2,1H3. The van der Waals surface area contributed by atoms with Crippen molar-refractivity contribution in [3.8, 4) is 0 Å². The van der Waals surface area contributed by atoms with Gasteiger partial charge in [0.25, 0.3) is 0 Å². The van der Waals surface area contributed by atoms with Crippen LogP contribution in [0.15, 0.2) is 29.2 Å². The normalized spacial score (nSPS) is 13.9. The maximum absolute atomic E-state index is 11.2. The molecule has 1 rings (SSSR count). The van der Waals surface area contributed by atoms with Crippen molar-refractivity contribution in [2.45, 2.75) is 10.9 Å². The van der Waals surface area contributed by atoms with Crippen LogP contribution in [0.25, 0.3) is 0 Å². The Kier molecular flexibility index (Phi) is 3.25. The summed E-state index contributed by atoms with van der Waals surface area (Å²) in [5.41, 5.74) is 6.18. The predicted octanol–water partition coefficient (Wildman–Crippen LogP) is 0.0822. The number of aliphatic hydroxyl groups is 1. The van der Waals surface area contributed by atoms with Gasteiger partial charge in [-0.1, -0.05) is 12.1 Å². The highest BCUT2D eigenvalue weighted by Gasteiger charge is 2.10. The van der Waals surface area contributed by atoms with Gasteiger partial charge in [0.15, 0.2) is 9.84 Å². The number of hydrogen-bond donors (Lipinski definition) is 2. The monoisotopic (exact) mass is 215 g/mol. The summed E-state index contributed by atoms with van der Waals surface area (Å²) >= 11 is 0. The number of sulfone groups is 1. The highest BCUT2D eigenvalue weighted by Crippen LogP contribution is 2.15. The molecule has 1 aromatic carbocycles. The summed E-state index contributed by atoms with van der Waals surface area (Å²) in [4.78, 5) is 0.221. The molecule has 0 radical (unpaired) electrons. The van der Waals surface area contributed by atoms with Crippen LogP contribution in [0.4, 0.5) is 0 Å². The first-order valence-corrected chi connectivity index (χ1v) is 6.00. The Hall–Kier alpha value is -0.910. The fourth-order valence-electron chi connectivity index (χ4n) is 1.08. The molecule has 1 atom stereocenters. The van der Waals surface area contributed by atoms with Crippen LogP contribution >= 0.6 is 0 Å². The van der Waals surface area contributed by atoms with Crippen LogP contribution in [0.1, 0.15) is 11.6 Å². The Bertz CT molecular complexity index is 414. The minimum Gasteiger partial charge on any atom is -0.394 e. The van der Waals surface area contributed by atoms with Crippen molar-refractivity contribution in [1.82, 2.24) is 0 Å². The fourth-order valence-corrected chi connectivity index (χ4v) is 1.76. The number of benzene rings is 1. The van der Waals surface area contributed by atoms with Crippen molar-refractivity contribution in [3.05, 3.63) is 29.8 Å². The Balaban J connectivity index is 3.14. The molecule has 1 unspecified atom stereocenters. The summed E-state index contributed by atoms with van der Waals surface area (Å²) in [7, 11) is -3.20. The smallest absolute Gasteiger partial charge is 0.175 e. The van der Waals surface area contributed by atoms with E-state index < -0.39 is 15.9 Å². The maximum atomic E-state index is 11.2. The van der Waals surface area contributed by atoms with E-state index in [1.807, 2.05) is 0 Å². The van der Waals surface area contributed by atoms with Crippen LogP contribution in [-0.2, 0) is 9.84 Å². The largest absolute Gasteiger partial charge is 0.394 e. The zero-order chi connectivity index (χ0) is 10.8. The van der Waals surface area contributed by atoms with Gasteiger partial charge in [0.2, 0.25) is 0 Å². The Morgan fingerprint density at radius 1 is 1.50 bits per heavy atom. The Labute approximate surface area is 83.3 Å². The second-order valence-electron chi connectivity index (χ2n) is 3.13. The van der Waals surface area contributed by atoms with E-state index in [0.29, 0.717) is 5.56 Å². The Morgan fingerprint density at radius 3 is 2.64 bits per heavy atom. The van der Waals surface area contributed by atoms with Crippen molar-refractivity contribution >= 4 is 9.84 Å². The third-order valence-electron chi connectivity index (χ3n) is 1.91. The van der Waals surface area contributed by atoms with Gasteiger partial charge in [-0.05, 0) is 17.7 Å². The van der Waals surface area contributed by atoms with Gasteiger partial charge >= 0.3 is 0 Å². The molecule has 0 aliphatic carbocycles.